The maximum atomic E-state index is 13.0. The largest absolute Gasteiger partial charge is 0.382 e. The quantitative estimate of drug-likeness (QED) is 0.801. The highest BCUT2D eigenvalue weighted by molar-refractivity contribution is 5.95. The summed E-state index contributed by atoms with van der Waals surface area (Å²) in [6.45, 7) is 11.9. The van der Waals surface area contributed by atoms with Crippen molar-refractivity contribution >= 4 is 5.91 Å². The van der Waals surface area contributed by atoms with Crippen molar-refractivity contribution in [3.05, 3.63) is 17.5 Å². The topological polar surface area (TPSA) is 56.6 Å². The third-order valence-corrected chi connectivity index (χ3v) is 4.68. The van der Waals surface area contributed by atoms with Crippen LogP contribution >= 0.6 is 0 Å². The van der Waals surface area contributed by atoms with E-state index in [0.29, 0.717) is 31.3 Å². The summed E-state index contributed by atoms with van der Waals surface area (Å²) in [6.07, 6.45) is 3.63. The van der Waals surface area contributed by atoms with Crippen LogP contribution in [-0.4, -0.2) is 59.1 Å². The van der Waals surface area contributed by atoms with Gasteiger partial charge in [0.2, 0.25) is 0 Å². The Morgan fingerprint density at radius 3 is 2.71 bits per heavy atom. The zero-order valence-corrected chi connectivity index (χ0v) is 15.8. The normalized spacial score (nSPS) is 20.6. The number of carbonyl (C=O) groups excluding carboxylic acids is 1. The van der Waals surface area contributed by atoms with Crippen molar-refractivity contribution in [2.24, 2.45) is 0 Å². The van der Waals surface area contributed by atoms with E-state index in [1.807, 2.05) is 30.4 Å². The molecule has 136 valence electrons. The summed E-state index contributed by atoms with van der Waals surface area (Å²) in [5, 5.41) is 4.48. The second-order valence-corrected chi connectivity index (χ2v) is 7.20. The van der Waals surface area contributed by atoms with Gasteiger partial charge in [0.1, 0.15) is 0 Å². The van der Waals surface area contributed by atoms with Gasteiger partial charge in [-0.15, -0.1) is 0 Å². The third-order valence-electron chi connectivity index (χ3n) is 4.68. The lowest BCUT2D eigenvalue weighted by molar-refractivity contribution is -0.143. The Bertz CT molecular complexity index is 564. The fraction of sp³-hybridized carbons (Fsp3) is 0.778. The highest BCUT2D eigenvalue weighted by Crippen LogP contribution is 2.25. The first kappa shape index (κ1) is 18.9. The molecule has 0 radical (unpaired) electrons. The van der Waals surface area contributed by atoms with Crippen LogP contribution in [0.25, 0.3) is 0 Å². The molecule has 2 heterocycles. The lowest BCUT2D eigenvalue weighted by Crippen LogP contribution is -2.55. The lowest BCUT2D eigenvalue weighted by Gasteiger charge is -2.42. The minimum absolute atomic E-state index is 0.0298. The Morgan fingerprint density at radius 1 is 1.46 bits per heavy atom. The van der Waals surface area contributed by atoms with E-state index in [-0.39, 0.29) is 17.6 Å². The summed E-state index contributed by atoms with van der Waals surface area (Å²) < 4.78 is 13.2. The van der Waals surface area contributed by atoms with E-state index in [1.54, 1.807) is 13.3 Å². The molecule has 1 fully saturated rings. The van der Waals surface area contributed by atoms with Gasteiger partial charge in [-0.2, -0.15) is 5.10 Å². The molecule has 0 spiro atoms. The molecular weight excluding hydrogens is 306 g/mol. The van der Waals surface area contributed by atoms with Gasteiger partial charge in [0, 0.05) is 25.9 Å². The summed E-state index contributed by atoms with van der Waals surface area (Å²) in [5.41, 5.74) is 1.26. The zero-order chi connectivity index (χ0) is 17.9. The first-order valence-electron chi connectivity index (χ1n) is 8.83. The summed E-state index contributed by atoms with van der Waals surface area (Å²) in [6, 6.07) is 0.342. The van der Waals surface area contributed by atoms with Crippen molar-refractivity contribution < 1.29 is 14.3 Å². The highest BCUT2D eigenvalue weighted by Gasteiger charge is 2.36. The van der Waals surface area contributed by atoms with E-state index >= 15 is 0 Å². The van der Waals surface area contributed by atoms with Crippen molar-refractivity contribution in [2.75, 3.05) is 26.8 Å². The highest BCUT2D eigenvalue weighted by atomic mass is 16.5. The van der Waals surface area contributed by atoms with Gasteiger partial charge in [-0.25, -0.2) is 0 Å². The number of hydrogen-bond donors (Lipinski definition) is 0. The van der Waals surface area contributed by atoms with Crippen molar-refractivity contribution in [3.63, 3.8) is 0 Å². The fourth-order valence-corrected chi connectivity index (χ4v) is 3.53. The number of ether oxygens (including phenoxy) is 2. The summed E-state index contributed by atoms with van der Waals surface area (Å²) in [7, 11) is 1.65. The van der Waals surface area contributed by atoms with E-state index in [1.165, 1.54) is 0 Å². The number of hydrogen-bond acceptors (Lipinski definition) is 4. The predicted molar refractivity (Wildman–Crippen MR) is 93.3 cm³/mol. The average Bonchev–Trinajstić information content (AvgIpc) is 2.88. The number of aromatic nitrogens is 2. The molecule has 0 unspecified atom stereocenters. The fourth-order valence-electron chi connectivity index (χ4n) is 3.53. The third kappa shape index (κ3) is 3.98. The van der Waals surface area contributed by atoms with Crippen molar-refractivity contribution in [1.29, 1.82) is 0 Å². The van der Waals surface area contributed by atoms with Gasteiger partial charge in [-0.05, 0) is 33.6 Å². The van der Waals surface area contributed by atoms with Crippen LogP contribution in [0.2, 0.25) is 0 Å². The molecule has 6 heteroatoms. The van der Waals surface area contributed by atoms with Crippen LogP contribution in [0.4, 0.5) is 0 Å². The zero-order valence-electron chi connectivity index (χ0n) is 15.8. The van der Waals surface area contributed by atoms with E-state index in [2.05, 4.69) is 18.9 Å². The van der Waals surface area contributed by atoms with E-state index in [9.17, 15) is 4.79 Å². The average molecular weight is 337 g/mol. The van der Waals surface area contributed by atoms with Crippen molar-refractivity contribution in [3.8, 4) is 0 Å². The van der Waals surface area contributed by atoms with Gasteiger partial charge in [0.05, 0.1) is 36.1 Å². The molecule has 1 amide bonds. The van der Waals surface area contributed by atoms with Gasteiger partial charge < -0.3 is 14.4 Å². The second kappa shape index (κ2) is 7.66. The van der Waals surface area contributed by atoms with Crippen LogP contribution in [0.3, 0.4) is 0 Å². The van der Waals surface area contributed by atoms with Crippen LogP contribution in [0.15, 0.2) is 6.20 Å². The molecule has 1 atom stereocenters. The molecule has 0 aromatic carbocycles. The molecule has 6 nitrogen and oxygen atoms in total. The number of methoxy groups -OCH3 is 1. The summed E-state index contributed by atoms with van der Waals surface area (Å²) >= 11 is 0. The van der Waals surface area contributed by atoms with Crippen LogP contribution in [0.1, 0.15) is 62.6 Å². The number of carbonyl (C=O) groups is 1. The number of morpholine rings is 1. The van der Waals surface area contributed by atoms with Crippen LogP contribution < -0.4 is 0 Å². The van der Waals surface area contributed by atoms with Crippen molar-refractivity contribution in [1.82, 2.24) is 14.7 Å². The van der Waals surface area contributed by atoms with Crippen molar-refractivity contribution in [2.45, 2.75) is 65.2 Å². The molecule has 0 N–H and O–H groups in total. The molecule has 0 saturated carbocycles. The number of rotatable bonds is 6. The lowest BCUT2D eigenvalue weighted by atomic mass is 10.0. The Kier molecular flexibility index (Phi) is 6.04. The standard InChI is InChI=1S/C18H31N3O3/c1-7-14(8-2)21-13(3)16(9-19-21)17(22)20-10-15(11-23-6)24-18(4,5)12-20/h9,14-15H,7-8,10-12H2,1-6H3/t15-/m0/s1. The van der Waals surface area contributed by atoms with Gasteiger partial charge in [-0.1, -0.05) is 13.8 Å². The second-order valence-electron chi connectivity index (χ2n) is 7.20. The number of nitrogens with zero attached hydrogens (tertiary/aromatic N) is 3. The Balaban J connectivity index is 2.21. The Morgan fingerprint density at radius 2 is 2.12 bits per heavy atom. The Labute approximate surface area is 145 Å². The van der Waals surface area contributed by atoms with E-state index in [0.717, 1.165) is 18.5 Å². The molecule has 24 heavy (non-hydrogen) atoms. The van der Waals surface area contributed by atoms with Crippen LogP contribution in [0, 0.1) is 6.92 Å². The smallest absolute Gasteiger partial charge is 0.257 e. The number of amides is 1. The maximum Gasteiger partial charge on any atom is 0.257 e. The molecule has 1 aliphatic rings. The monoisotopic (exact) mass is 337 g/mol. The Hall–Kier alpha value is -1.40. The minimum Gasteiger partial charge on any atom is -0.382 e. The van der Waals surface area contributed by atoms with Gasteiger partial charge >= 0.3 is 0 Å². The molecule has 1 saturated heterocycles. The molecule has 0 aliphatic carbocycles. The minimum atomic E-state index is -0.379. The SMILES string of the molecule is CCC(CC)n1ncc(C(=O)N2C[C@@H](COC)OC(C)(C)C2)c1C. The van der Waals surface area contributed by atoms with Crippen LogP contribution in [0.5, 0.6) is 0 Å². The van der Waals surface area contributed by atoms with Crippen LogP contribution in [-0.2, 0) is 9.47 Å². The predicted octanol–water partition coefficient (Wildman–Crippen LogP) is 2.82. The molecule has 0 bridgehead atoms. The van der Waals surface area contributed by atoms with Gasteiger partial charge in [0.15, 0.2) is 0 Å². The van der Waals surface area contributed by atoms with E-state index < -0.39 is 0 Å². The maximum absolute atomic E-state index is 13.0. The van der Waals surface area contributed by atoms with E-state index in [4.69, 9.17) is 9.47 Å². The molecular formula is C18H31N3O3. The molecule has 1 aromatic heterocycles. The van der Waals surface area contributed by atoms with Gasteiger partial charge in [0.25, 0.3) is 5.91 Å². The molecule has 1 aromatic rings. The first-order chi connectivity index (χ1) is 11.3. The summed E-state index contributed by atoms with van der Waals surface area (Å²) in [4.78, 5) is 14.9. The first-order valence-corrected chi connectivity index (χ1v) is 8.83. The summed E-state index contributed by atoms with van der Waals surface area (Å²) in [5.74, 6) is 0.0298. The molecule has 2 rings (SSSR count). The van der Waals surface area contributed by atoms with Gasteiger partial charge in [-0.3, -0.25) is 9.48 Å². The molecule has 1 aliphatic heterocycles.